The first-order valence-electron chi connectivity index (χ1n) is 8.95. The van der Waals surface area contributed by atoms with Crippen molar-refractivity contribution in [3.63, 3.8) is 0 Å². The molecule has 0 radical (unpaired) electrons. The molecule has 2 aromatic rings. The first-order chi connectivity index (χ1) is 12.8. The second kappa shape index (κ2) is 9.15. The van der Waals surface area contributed by atoms with Crippen molar-refractivity contribution in [1.82, 2.24) is 15.2 Å². The van der Waals surface area contributed by atoms with Gasteiger partial charge in [0, 0.05) is 18.7 Å². The first-order valence-corrected chi connectivity index (χ1v) is 8.95. The lowest BCUT2D eigenvalue weighted by molar-refractivity contribution is -0.121. The molecule has 0 saturated carbocycles. The number of aromatic amines is 1. The number of likely N-dealkylation sites (N-methyl/N-ethyl adjacent to an activating group) is 1. The largest absolute Gasteiger partial charge is 0.354 e. The summed E-state index contributed by atoms with van der Waals surface area (Å²) in [4.78, 5) is 28.9. The Kier molecular flexibility index (Phi) is 6.91. The minimum atomic E-state index is -0.377. The maximum absolute atomic E-state index is 12.4. The zero-order chi connectivity index (χ0) is 20.0. The minimum Gasteiger partial charge on any atom is -0.354 e. The predicted molar refractivity (Wildman–Crippen MR) is 105 cm³/mol. The highest BCUT2D eigenvalue weighted by atomic mass is 16.1. The molecule has 0 fully saturated rings. The van der Waals surface area contributed by atoms with Gasteiger partial charge in [-0.15, -0.1) is 0 Å². The van der Waals surface area contributed by atoms with Crippen LogP contribution < -0.4 is 10.9 Å². The molecule has 6 nitrogen and oxygen atoms in total. The summed E-state index contributed by atoms with van der Waals surface area (Å²) in [5, 5.41) is 12.1. The lowest BCUT2D eigenvalue weighted by Crippen LogP contribution is -2.34. The molecular formula is C21H26N4O2. The molecule has 1 aromatic carbocycles. The molecule has 142 valence electrons. The molecular weight excluding hydrogens is 340 g/mol. The van der Waals surface area contributed by atoms with E-state index in [1.54, 1.807) is 13.8 Å². The van der Waals surface area contributed by atoms with Gasteiger partial charge in [-0.05, 0) is 51.1 Å². The molecule has 1 atom stereocenters. The van der Waals surface area contributed by atoms with Crippen LogP contribution in [0.5, 0.6) is 0 Å². The highest BCUT2D eigenvalue weighted by molar-refractivity contribution is 5.76. The number of carbonyl (C=O) groups is 1. The third-order valence-corrected chi connectivity index (χ3v) is 4.82. The number of nitrogens with zero attached hydrogens (tertiary/aromatic N) is 2. The lowest BCUT2D eigenvalue weighted by atomic mass is 9.99. The number of H-pyrrole nitrogens is 1. The summed E-state index contributed by atoms with van der Waals surface area (Å²) in [6.45, 7) is 4.06. The summed E-state index contributed by atoms with van der Waals surface area (Å²) in [5.74, 6) is -0.0544. The average Bonchev–Trinajstić information content (AvgIpc) is 2.62. The van der Waals surface area contributed by atoms with Crippen LogP contribution in [0.1, 0.15) is 40.4 Å². The summed E-state index contributed by atoms with van der Waals surface area (Å²) in [6, 6.07) is 12.1. The molecule has 0 aliphatic rings. The molecule has 0 bridgehead atoms. The Morgan fingerprint density at radius 1 is 1.26 bits per heavy atom. The van der Waals surface area contributed by atoms with E-state index in [2.05, 4.69) is 15.2 Å². The van der Waals surface area contributed by atoms with Crippen molar-refractivity contribution in [1.29, 1.82) is 5.26 Å². The van der Waals surface area contributed by atoms with E-state index in [1.807, 2.05) is 50.5 Å². The van der Waals surface area contributed by atoms with E-state index in [0.29, 0.717) is 30.6 Å². The Morgan fingerprint density at radius 2 is 1.93 bits per heavy atom. The van der Waals surface area contributed by atoms with Crippen LogP contribution >= 0.6 is 0 Å². The van der Waals surface area contributed by atoms with E-state index in [4.69, 9.17) is 5.26 Å². The standard InChI is InChI=1S/C21H26N4O2/c1-14-17(15(2)24-21(27)18(14)12-22)10-11-20(26)23-13-19(25(3)4)16-8-6-5-7-9-16/h5-9,19H,10-11,13H2,1-4H3,(H,23,26)(H,24,27)/t19-/m1/s1. The highest BCUT2D eigenvalue weighted by Gasteiger charge is 2.16. The van der Waals surface area contributed by atoms with Gasteiger partial charge in [0.15, 0.2) is 0 Å². The summed E-state index contributed by atoms with van der Waals surface area (Å²) in [5.41, 5.74) is 3.11. The quantitative estimate of drug-likeness (QED) is 0.786. The number of benzene rings is 1. The van der Waals surface area contributed by atoms with Gasteiger partial charge in [0.25, 0.3) is 5.56 Å². The molecule has 2 N–H and O–H groups in total. The fourth-order valence-corrected chi connectivity index (χ4v) is 3.23. The molecule has 27 heavy (non-hydrogen) atoms. The van der Waals surface area contributed by atoms with Gasteiger partial charge >= 0.3 is 0 Å². The van der Waals surface area contributed by atoms with Gasteiger partial charge in [-0.3, -0.25) is 9.59 Å². The van der Waals surface area contributed by atoms with Gasteiger partial charge in [-0.25, -0.2) is 0 Å². The van der Waals surface area contributed by atoms with Gasteiger partial charge in [0.1, 0.15) is 11.6 Å². The number of pyridine rings is 1. The predicted octanol–water partition coefficient (Wildman–Crippen LogP) is 2.22. The Labute approximate surface area is 159 Å². The van der Waals surface area contributed by atoms with Crippen molar-refractivity contribution in [3.8, 4) is 6.07 Å². The van der Waals surface area contributed by atoms with Gasteiger partial charge in [-0.1, -0.05) is 30.3 Å². The molecule has 0 aliphatic carbocycles. The van der Waals surface area contributed by atoms with Gasteiger partial charge in [0.05, 0.1) is 6.04 Å². The number of nitriles is 1. The maximum Gasteiger partial charge on any atom is 0.266 e. The van der Waals surface area contributed by atoms with Crippen LogP contribution in [0.2, 0.25) is 0 Å². The molecule has 1 amide bonds. The highest BCUT2D eigenvalue weighted by Crippen LogP contribution is 2.17. The van der Waals surface area contributed by atoms with Crippen LogP contribution in [0.3, 0.4) is 0 Å². The Hall–Kier alpha value is -2.91. The monoisotopic (exact) mass is 366 g/mol. The number of aromatic nitrogens is 1. The maximum atomic E-state index is 12.4. The van der Waals surface area contributed by atoms with Crippen molar-refractivity contribution in [2.24, 2.45) is 0 Å². The number of carbonyl (C=O) groups excluding carboxylic acids is 1. The second-order valence-corrected chi connectivity index (χ2v) is 6.86. The number of rotatable bonds is 7. The molecule has 6 heteroatoms. The fraction of sp³-hybridized carbons (Fsp3) is 0.381. The van der Waals surface area contributed by atoms with E-state index in [1.165, 1.54) is 0 Å². The van der Waals surface area contributed by atoms with Crippen molar-refractivity contribution < 1.29 is 4.79 Å². The number of hydrogen-bond acceptors (Lipinski definition) is 4. The van der Waals surface area contributed by atoms with E-state index in [0.717, 1.165) is 11.1 Å². The van der Waals surface area contributed by atoms with Crippen LogP contribution in [-0.2, 0) is 11.2 Å². The van der Waals surface area contributed by atoms with Crippen LogP contribution in [0.4, 0.5) is 0 Å². The number of nitrogens with one attached hydrogen (secondary N) is 2. The SMILES string of the molecule is Cc1[nH]c(=O)c(C#N)c(C)c1CCC(=O)NC[C@H](c1ccccc1)N(C)C. The lowest BCUT2D eigenvalue weighted by Gasteiger charge is -2.25. The van der Waals surface area contributed by atoms with E-state index < -0.39 is 0 Å². The van der Waals surface area contributed by atoms with E-state index in [-0.39, 0.29) is 23.1 Å². The summed E-state index contributed by atoms with van der Waals surface area (Å²) >= 11 is 0. The fourth-order valence-electron chi connectivity index (χ4n) is 3.23. The topological polar surface area (TPSA) is 89.0 Å². The Morgan fingerprint density at radius 3 is 2.52 bits per heavy atom. The molecule has 2 rings (SSSR count). The van der Waals surface area contributed by atoms with Crippen LogP contribution in [0.25, 0.3) is 0 Å². The molecule has 0 saturated heterocycles. The number of hydrogen-bond donors (Lipinski definition) is 2. The minimum absolute atomic E-state index is 0.0544. The Bertz CT molecular complexity index is 895. The molecule has 0 aliphatic heterocycles. The molecule has 1 aromatic heterocycles. The summed E-state index contributed by atoms with van der Waals surface area (Å²) < 4.78 is 0. The third kappa shape index (κ3) is 5.05. The van der Waals surface area contributed by atoms with Crippen molar-refractivity contribution in [3.05, 3.63) is 68.6 Å². The van der Waals surface area contributed by atoms with Crippen molar-refractivity contribution in [2.75, 3.05) is 20.6 Å². The average molecular weight is 366 g/mol. The van der Waals surface area contributed by atoms with Gasteiger partial charge < -0.3 is 15.2 Å². The summed E-state index contributed by atoms with van der Waals surface area (Å²) in [6.07, 6.45) is 0.778. The van der Waals surface area contributed by atoms with Gasteiger partial charge in [0.2, 0.25) is 5.91 Å². The number of amides is 1. The van der Waals surface area contributed by atoms with Gasteiger partial charge in [-0.2, -0.15) is 5.26 Å². The molecule has 0 spiro atoms. The smallest absolute Gasteiger partial charge is 0.266 e. The zero-order valence-electron chi connectivity index (χ0n) is 16.3. The first kappa shape index (κ1) is 20.4. The molecule has 1 heterocycles. The van der Waals surface area contributed by atoms with E-state index >= 15 is 0 Å². The Balaban J connectivity index is 2.01. The second-order valence-electron chi connectivity index (χ2n) is 6.86. The van der Waals surface area contributed by atoms with Crippen molar-refractivity contribution in [2.45, 2.75) is 32.7 Å². The normalized spacial score (nSPS) is 11.9. The molecule has 0 unspecified atom stereocenters. The zero-order valence-corrected chi connectivity index (χ0v) is 16.3. The van der Waals surface area contributed by atoms with Crippen LogP contribution in [-0.4, -0.2) is 36.4 Å². The van der Waals surface area contributed by atoms with Crippen molar-refractivity contribution >= 4 is 5.91 Å². The summed E-state index contributed by atoms with van der Waals surface area (Å²) in [7, 11) is 3.97. The third-order valence-electron chi connectivity index (χ3n) is 4.82. The number of aryl methyl sites for hydroxylation is 1. The van der Waals surface area contributed by atoms with E-state index in [9.17, 15) is 9.59 Å². The van der Waals surface area contributed by atoms with Crippen LogP contribution in [0, 0.1) is 25.2 Å². The van der Waals surface area contributed by atoms with Crippen LogP contribution in [0.15, 0.2) is 35.1 Å².